The molecule has 0 rings (SSSR count). The van der Waals surface area contributed by atoms with Gasteiger partial charge < -0.3 is 5.11 Å². The summed E-state index contributed by atoms with van der Waals surface area (Å²) in [7, 11) is 0. The van der Waals surface area contributed by atoms with Crippen molar-refractivity contribution in [2.75, 3.05) is 6.61 Å². The summed E-state index contributed by atoms with van der Waals surface area (Å²) < 4.78 is 0. The first kappa shape index (κ1) is 22.3. The zero-order chi connectivity index (χ0) is 17.0. The Morgan fingerprint density at radius 3 is 1.96 bits per heavy atom. The molecule has 2 heteroatoms. The normalized spacial score (nSPS) is 13.5. The van der Waals surface area contributed by atoms with Crippen molar-refractivity contribution in [3.05, 3.63) is 36.5 Å². The lowest BCUT2D eigenvalue weighted by atomic mass is 10.0. The highest BCUT2D eigenvalue weighted by Crippen LogP contribution is 2.12. The Bertz CT molecular complexity index is 331. The van der Waals surface area contributed by atoms with Crippen LogP contribution < -0.4 is 0 Å². The van der Waals surface area contributed by atoms with Crippen molar-refractivity contribution in [2.45, 2.75) is 77.6 Å². The van der Waals surface area contributed by atoms with E-state index < -0.39 is 0 Å². The monoisotopic (exact) mass is 336 g/mol. The van der Waals surface area contributed by atoms with Crippen molar-refractivity contribution in [3.8, 4) is 0 Å². The third-order valence-corrected chi connectivity index (χ3v) is 4.29. The van der Waals surface area contributed by atoms with Gasteiger partial charge >= 0.3 is 0 Å². The minimum absolute atomic E-state index is 0.209. The molecule has 1 nitrogen and oxygen atoms in total. The van der Waals surface area contributed by atoms with E-state index in [1.54, 1.807) is 5.37 Å². The molecule has 0 spiro atoms. The van der Waals surface area contributed by atoms with Gasteiger partial charge in [0.05, 0.1) is 6.61 Å². The van der Waals surface area contributed by atoms with Gasteiger partial charge in [-0.05, 0) is 43.9 Å². The number of unbranched alkanes of at least 4 members (excludes halogenated alkanes) is 6. The number of rotatable bonds is 16. The largest absolute Gasteiger partial charge is 0.396 e. The topological polar surface area (TPSA) is 20.2 Å². The fourth-order valence-electron chi connectivity index (χ4n) is 2.40. The Morgan fingerprint density at radius 2 is 1.35 bits per heavy atom. The van der Waals surface area contributed by atoms with Crippen molar-refractivity contribution in [3.63, 3.8) is 0 Å². The molecule has 0 aromatic carbocycles. The minimum atomic E-state index is 0.209. The van der Waals surface area contributed by atoms with Crippen LogP contribution in [0.3, 0.4) is 0 Å². The van der Waals surface area contributed by atoms with Gasteiger partial charge in [-0.3, -0.25) is 0 Å². The summed E-state index contributed by atoms with van der Waals surface area (Å²) in [6.07, 6.45) is 26.8. The molecule has 0 aromatic heterocycles. The van der Waals surface area contributed by atoms with Crippen LogP contribution in [0.15, 0.2) is 36.5 Å². The highest BCUT2D eigenvalue weighted by Gasteiger charge is 2.01. The van der Waals surface area contributed by atoms with Gasteiger partial charge in [0.1, 0.15) is 0 Å². The molecule has 1 N–H and O–H groups in total. The Kier molecular flexibility index (Phi) is 18.7. The van der Waals surface area contributed by atoms with E-state index in [2.05, 4.69) is 43.4 Å². The van der Waals surface area contributed by atoms with Gasteiger partial charge in [0.25, 0.3) is 0 Å². The summed E-state index contributed by atoms with van der Waals surface area (Å²) in [4.78, 5) is 0. The van der Waals surface area contributed by atoms with E-state index in [4.69, 9.17) is 17.3 Å². The van der Waals surface area contributed by atoms with E-state index in [9.17, 15) is 0 Å². The summed E-state index contributed by atoms with van der Waals surface area (Å²) in [6.45, 7) is 2.37. The van der Waals surface area contributed by atoms with Crippen molar-refractivity contribution in [1.29, 1.82) is 0 Å². The Morgan fingerprint density at radius 1 is 0.783 bits per heavy atom. The second-order valence-electron chi connectivity index (χ2n) is 6.07. The fourth-order valence-corrected chi connectivity index (χ4v) is 2.63. The molecule has 0 aliphatic carbocycles. The summed E-state index contributed by atoms with van der Waals surface area (Å²) in [5.74, 6) is 0.229. The molecule has 0 saturated carbocycles. The quantitative estimate of drug-likeness (QED) is 0.195. The van der Waals surface area contributed by atoms with Crippen LogP contribution in [0.5, 0.6) is 0 Å². The third kappa shape index (κ3) is 17.5. The Hall–Kier alpha value is -0.730. The maximum atomic E-state index is 9.04. The molecule has 0 aromatic rings. The number of hydrogen-bond acceptors (Lipinski definition) is 2. The molecular weight excluding hydrogens is 300 g/mol. The standard InChI is InChI=1S/C21H36OS/c1-2-3-4-5-6-7-8-9-10-11-12-13-14-15-16-17-18-21(19-22)20-23/h3-4,6-7,9-10,20-22H,2,5,8,11-19H2,1H3. The number of thiocarbonyl (C=S) groups is 1. The van der Waals surface area contributed by atoms with E-state index in [0.29, 0.717) is 0 Å². The van der Waals surface area contributed by atoms with Crippen molar-refractivity contribution >= 4 is 17.6 Å². The maximum absolute atomic E-state index is 9.04. The zero-order valence-corrected chi connectivity index (χ0v) is 15.8. The number of allylic oxidation sites excluding steroid dienone is 6. The molecule has 0 aliphatic rings. The van der Waals surface area contributed by atoms with Crippen LogP contribution in [0.25, 0.3) is 0 Å². The van der Waals surface area contributed by atoms with Gasteiger partial charge in [-0.2, -0.15) is 0 Å². The lowest BCUT2D eigenvalue weighted by Crippen LogP contribution is -2.05. The van der Waals surface area contributed by atoms with Crippen LogP contribution in [0.4, 0.5) is 0 Å². The summed E-state index contributed by atoms with van der Waals surface area (Å²) in [5.41, 5.74) is 0. The lowest BCUT2D eigenvalue weighted by molar-refractivity contribution is 0.256. The van der Waals surface area contributed by atoms with Crippen LogP contribution in [0.2, 0.25) is 0 Å². The van der Waals surface area contributed by atoms with Gasteiger partial charge in [-0.15, -0.1) is 0 Å². The highest BCUT2D eigenvalue weighted by atomic mass is 32.1. The molecule has 0 amide bonds. The summed E-state index contributed by atoms with van der Waals surface area (Å²) in [5, 5.41) is 10.8. The van der Waals surface area contributed by atoms with Crippen LogP contribution >= 0.6 is 12.2 Å². The molecule has 0 fully saturated rings. The molecule has 132 valence electrons. The predicted octanol–water partition coefficient (Wildman–Crippen LogP) is 6.57. The van der Waals surface area contributed by atoms with Crippen molar-refractivity contribution < 1.29 is 5.11 Å². The third-order valence-electron chi connectivity index (χ3n) is 3.90. The average molecular weight is 337 g/mol. The number of aliphatic hydroxyl groups is 1. The van der Waals surface area contributed by atoms with Crippen LogP contribution in [0, 0.1) is 5.92 Å². The average Bonchev–Trinajstić information content (AvgIpc) is 2.58. The Labute approximate surface area is 149 Å². The van der Waals surface area contributed by atoms with Crippen LogP contribution in [-0.2, 0) is 0 Å². The number of aliphatic hydroxyl groups excluding tert-OH is 1. The van der Waals surface area contributed by atoms with Crippen molar-refractivity contribution in [1.82, 2.24) is 0 Å². The minimum Gasteiger partial charge on any atom is -0.396 e. The second kappa shape index (κ2) is 19.3. The second-order valence-corrected chi connectivity index (χ2v) is 6.34. The smallest absolute Gasteiger partial charge is 0.0502 e. The fraction of sp³-hybridized carbons (Fsp3) is 0.667. The summed E-state index contributed by atoms with van der Waals surface area (Å²) in [6, 6.07) is 0. The van der Waals surface area contributed by atoms with Gasteiger partial charge in [-0.1, -0.05) is 87.7 Å². The van der Waals surface area contributed by atoms with E-state index in [1.165, 1.54) is 44.9 Å². The first-order valence-corrected chi connectivity index (χ1v) is 9.83. The summed E-state index contributed by atoms with van der Waals surface area (Å²) >= 11 is 4.88. The Balaban J connectivity index is 3.28. The molecule has 1 atom stereocenters. The molecule has 23 heavy (non-hydrogen) atoms. The number of hydrogen-bond donors (Lipinski definition) is 1. The molecule has 1 unspecified atom stereocenters. The highest BCUT2D eigenvalue weighted by molar-refractivity contribution is 7.79. The molecular formula is C21H36OS. The predicted molar refractivity (Wildman–Crippen MR) is 108 cm³/mol. The van der Waals surface area contributed by atoms with E-state index >= 15 is 0 Å². The van der Waals surface area contributed by atoms with E-state index in [1.807, 2.05) is 0 Å². The first-order valence-electron chi connectivity index (χ1n) is 9.36. The van der Waals surface area contributed by atoms with Gasteiger partial charge in [0, 0.05) is 5.92 Å². The lowest BCUT2D eigenvalue weighted by Gasteiger charge is -2.07. The maximum Gasteiger partial charge on any atom is 0.0502 e. The molecule has 0 radical (unpaired) electrons. The SMILES string of the molecule is CCC=CCC=CCC=CCCCCCCCCC(C=S)CO. The van der Waals surface area contributed by atoms with Crippen molar-refractivity contribution in [2.24, 2.45) is 5.92 Å². The van der Waals surface area contributed by atoms with Crippen LogP contribution in [-0.4, -0.2) is 17.1 Å². The molecule has 0 saturated heterocycles. The zero-order valence-electron chi connectivity index (χ0n) is 15.0. The van der Waals surface area contributed by atoms with Gasteiger partial charge in [0.15, 0.2) is 0 Å². The van der Waals surface area contributed by atoms with Gasteiger partial charge in [0.2, 0.25) is 0 Å². The van der Waals surface area contributed by atoms with E-state index in [0.717, 1.165) is 25.7 Å². The molecule has 0 bridgehead atoms. The first-order chi connectivity index (χ1) is 11.3. The van der Waals surface area contributed by atoms with Gasteiger partial charge in [-0.25, -0.2) is 0 Å². The van der Waals surface area contributed by atoms with Crippen LogP contribution in [0.1, 0.15) is 77.6 Å². The van der Waals surface area contributed by atoms with E-state index in [-0.39, 0.29) is 12.5 Å². The molecule has 0 aliphatic heterocycles. The molecule has 0 heterocycles.